The Balaban J connectivity index is -0.000000470. The normalized spacial score (nSPS) is 32.1. The van der Waals surface area contributed by atoms with Gasteiger partial charge in [-0.1, -0.05) is 65.5 Å². The summed E-state index contributed by atoms with van der Waals surface area (Å²) in [6.45, 7) is 41.1. The van der Waals surface area contributed by atoms with Crippen molar-refractivity contribution in [2.45, 2.75) is 111 Å². The summed E-state index contributed by atoms with van der Waals surface area (Å²) in [6.07, 6.45) is 17.2. The van der Waals surface area contributed by atoms with Crippen LogP contribution in [0, 0.1) is 117 Å². The minimum atomic E-state index is -0.0766. The Morgan fingerprint density at radius 1 is 0.780 bits per heavy atom. The van der Waals surface area contributed by atoms with Crippen LogP contribution in [0.25, 0.3) is 0 Å². The largest absolute Gasteiger partial charge is 6.00 e. The van der Waals surface area contributed by atoms with E-state index in [1.807, 2.05) is 0 Å². The van der Waals surface area contributed by atoms with Crippen LogP contribution in [0.2, 0.25) is 0 Å². The molecule has 222 valence electrons. The van der Waals surface area contributed by atoms with E-state index in [2.05, 4.69) is 40.7 Å². The second-order valence-electron chi connectivity index (χ2n) is 12.2. The SMILES string of the molecule is CC(C)CCC[C@@H](C)[C@H]1CCC2C3CC=C4CC(O)CC[C@]4(C)C3CC[C@@]21C.[C-]#N.[C-]#N.[C-]#N.[C-]#N.[C-]#N.[C-]#N.[Fe+6]. The Kier molecular flexibility index (Phi) is 26.2. The van der Waals surface area contributed by atoms with Gasteiger partial charge in [0.25, 0.3) is 0 Å². The van der Waals surface area contributed by atoms with Crippen LogP contribution >= 0.6 is 0 Å². The Bertz CT molecular complexity index is 813. The number of hydrogen-bond donors (Lipinski definition) is 1. The Morgan fingerprint density at radius 3 is 1.83 bits per heavy atom. The van der Waals surface area contributed by atoms with Gasteiger partial charge in [-0.15, -0.1) is 0 Å². The maximum absolute atomic E-state index is 10.2. The molecule has 41 heavy (non-hydrogen) atoms. The van der Waals surface area contributed by atoms with Crippen molar-refractivity contribution < 1.29 is 22.2 Å². The van der Waals surface area contributed by atoms with Crippen LogP contribution in [0.1, 0.15) is 105 Å². The molecule has 0 amide bonds. The van der Waals surface area contributed by atoms with Crippen LogP contribution in [-0.2, 0) is 17.1 Å². The first-order valence-corrected chi connectivity index (χ1v) is 14.0. The van der Waals surface area contributed by atoms with E-state index in [1.54, 1.807) is 5.57 Å². The first-order valence-electron chi connectivity index (χ1n) is 14.0. The minimum Gasteiger partial charge on any atom is -0.512 e. The van der Waals surface area contributed by atoms with E-state index in [4.69, 9.17) is 71.0 Å². The molecule has 3 saturated carbocycles. The zero-order valence-electron chi connectivity index (χ0n) is 25.4. The molecule has 4 unspecified atom stereocenters. The summed E-state index contributed by atoms with van der Waals surface area (Å²) in [4.78, 5) is 0. The van der Waals surface area contributed by atoms with Gasteiger partial charge in [0.15, 0.2) is 0 Å². The van der Waals surface area contributed by atoms with Gasteiger partial charge in [-0.2, -0.15) is 0 Å². The van der Waals surface area contributed by atoms with Crippen molar-refractivity contribution in [2.75, 3.05) is 0 Å². The van der Waals surface area contributed by atoms with Crippen molar-refractivity contribution in [3.63, 3.8) is 0 Å². The summed E-state index contributed by atoms with van der Waals surface area (Å²) >= 11 is 0. The molecule has 1 N–H and O–H groups in total. The molecule has 0 radical (unpaired) electrons. The van der Waals surface area contributed by atoms with Gasteiger partial charge in [0.05, 0.1) is 6.10 Å². The predicted octanol–water partition coefficient (Wildman–Crippen LogP) is 7.96. The van der Waals surface area contributed by atoms with E-state index < -0.39 is 0 Å². The number of hydrogen-bond acceptors (Lipinski definition) is 7. The van der Waals surface area contributed by atoms with Crippen LogP contribution in [0.3, 0.4) is 0 Å². The molecule has 0 bridgehead atoms. The van der Waals surface area contributed by atoms with Gasteiger partial charge in [0.2, 0.25) is 0 Å². The Hall–Kier alpha value is -2.84. The monoisotopic (exact) mass is 598 g/mol. The molecular formula is C33H46FeN6O. The Labute approximate surface area is 261 Å². The van der Waals surface area contributed by atoms with Gasteiger partial charge in [-0.3, -0.25) is 0 Å². The van der Waals surface area contributed by atoms with Crippen LogP contribution < -0.4 is 0 Å². The van der Waals surface area contributed by atoms with Gasteiger partial charge < -0.3 is 76.1 Å². The molecule has 8 heteroatoms. The molecule has 4 aliphatic rings. The molecule has 4 rings (SSSR count). The molecule has 4 aliphatic carbocycles. The average Bonchev–Trinajstić information content (AvgIpc) is 3.37. The molecule has 0 spiro atoms. The van der Waals surface area contributed by atoms with Crippen molar-refractivity contribution in [2.24, 2.45) is 46.3 Å². The van der Waals surface area contributed by atoms with E-state index >= 15 is 0 Å². The topological polar surface area (TPSA) is 163 Å². The average molecular weight is 599 g/mol. The van der Waals surface area contributed by atoms with E-state index in [-0.39, 0.29) is 23.2 Å². The fourth-order valence-corrected chi connectivity index (χ4v) is 8.67. The van der Waals surface area contributed by atoms with Gasteiger partial charge in [0.1, 0.15) is 0 Å². The molecule has 0 aromatic carbocycles. The zero-order chi connectivity index (χ0) is 32.1. The van der Waals surface area contributed by atoms with Gasteiger partial charge in [0, 0.05) is 0 Å². The van der Waals surface area contributed by atoms with E-state index in [0.29, 0.717) is 10.8 Å². The molecule has 0 saturated heterocycles. The molecule has 0 aromatic heterocycles. The first kappa shape index (κ1) is 45.2. The van der Waals surface area contributed by atoms with Crippen LogP contribution in [0.4, 0.5) is 0 Å². The third-order valence-electron chi connectivity index (χ3n) is 10.3. The fraction of sp³-hybridized carbons (Fsp3) is 0.758. The molecule has 3 fully saturated rings. The predicted molar refractivity (Wildman–Crippen MR) is 149 cm³/mol. The van der Waals surface area contributed by atoms with Crippen LogP contribution in [0.15, 0.2) is 11.6 Å². The van der Waals surface area contributed by atoms with Gasteiger partial charge in [-0.25, -0.2) is 0 Å². The van der Waals surface area contributed by atoms with Crippen molar-refractivity contribution in [1.82, 2.24) is 0 Å². The first-order chi connectivity index (χ1) is 19.3. The number of nitrogens with zero attached hydrogens (tertiary/aromatic N) is 6. The number of fused-ring (bicyclic) bond motifs is 5. The molecule has 0 aliphatic heterocycles. The summed E-state index contributed by atoms with van der Waals surface area (Å²) in [5.41, 5.74) is 2.60. The quantitative estimate of drug-likeness (QED) is 0.190. The third kappa shape index (κ3) is 10.8. The standard InChI is InChI=1S/C27H46O.6CN.Fe/c1-18(2)7-6-8-19(3)23-11-12-24-22-10-9-20-17-21(28)13-15-26(20,4)25(22)14-16-27(23,24)5;6*1-2;/h9,18-19,21-25,28H,6-8,10-17H2,1-5H3;;;;;;;/q;6*-1;+6/t19-,21?,22?,23-,24?,25?,26+,27-;;;;;;;/m1......./s1. The summed E-state index contributed by atoms with van der Waals surface area (Å²) in [5, 5.41) is 47.7. The smallest absolute Gasteiger partial charge is 0.512 e. The molecular weight excluding hydrogens is 552 g/mol. The molecule has 0 aromatic rings. The van der Waals surface area contributed by atoms with Crippen molar-refractivity contribution in [3.05, 3.63) is 51.1 Å². The van der Waals surface area contributed by atoms with Crippen molar-refractivity contribution in [3.8, 4) is 0 Å². The molecule has 0 heterocycles. The number of aliphatic hydroxyl groups is 1. The summed E-state index contributed by atoms with van der Waals surface area (Å²) in [6, 6.07) is 0. The second-order valence-corrected chi connectivity index (χ2v) is 12.2. The molecule has 8 atom stereocenters. The zero-order valence-corrected chi connectivity index (χ0v) is 26.5. The van der Waals surface area contributed by atoms with Gasteiger partial charge in [-0.05, 0) is 97.7 Å². The molecule has 7 nitrogen and oxygen atoms in total. The maximum Gasteiger partial charge on any atom is 6.00 e. The van der Waals surface area contributed by atoms with E-state index in [0.717, 1.165) is 48.3 Å². The van der Waals surface area contributed by atoms with Crippen molar-refractivity contribution in [1.29, 1.82) is 31.6 Å². The summed E-state index contributed by atoms with van der Waals surface area (Å²) in [5.74, 6) is 5.46. The number of allylic oxidation sites excluding steroid dienone is 1. The summed E-state index contributed by atoms with van der Waals surface area (Å²) < 4.78 is 0. The van der Waals surface area contributed by atoms with Crippen molar-refractivity contribution >= 4 is 0 Å². The summed E-state index contributed by atoms with van der Waals surface area (Å²) in [7, 11) is 0. The number of rotatable bonds is 5. The van der Waals surface area contributed by atoms with Crippen LogP contribution in [0.5, 0.6) is 0 Å². The number of aliphatic hydroxyl groups excluding tert-OH is 1. The van der Waals surface area contributed by atoms with Gasteiger partial charge >= 0.3 is 17.1 Å². The van der Waals surface area contributed by atoms with E-state index in [1.165, 1.54) is 57.8 Å². The maximum atomic E-state index is 10.2. The fourth-order valence-electron chi connectivity index (χ4n) is 8.67. The minimum absolute atomic E-state index is 0. The Morgan fingerprint density at radius 2 is 1.32 bits per heavy atom. The third-order valence-corrected chi connectivity index (χ3v) is 10.3. The van der Waals surface area contributed by atoms with E-state index in [9.17, 15) is 5.11 Å². The van der Waals surface area contributed by atoms with Crippen LogP contribution in [-0.4, -0.2) is 11.2 Å². The second kappa shape index (κ2) is 23.8.